The number of benzene rings is 2. The van der Waals surface area contributed by atoms with E-state index < -0.39 is 12.0 Å². The fourth-order valence-electron chi connectivity index (χ4n) is 5.01. The van der Waals surface area contributed by atoms with Crippen LogP contribution in [0.25, 0.3) is 17.0 Å². The summed E-state index contributed by atoms with van der Waals surface area (Å²) in [5.41, 5.74) is 3.31. The van der Waals surface area contributed by atoms with Gasteiger partial charge in [-0.3, -0.25) is 9.36 Å². The third-order valence-electron chi connectivity index (χ3n) is 6.66. The zero-order valence-corrected chi connectivity index (χ0v) is 21.8. The molecule has 9 heteroatoms. The van der Waals surface area contributed by atoms with Crippen LogP contribution in [0.2, 0.25) is 0 Å². The fraction of sp³-hybridized carbons (Fsp3) is 0.207. The number of hydrogen-bond acceptors (Lipinski definition) is 7. The van der Waals surface area contributed by atoms with Gasteiger partial charge in [0.05, 0.1) is 28.5 Å². The molecule has 0 bridgehead atoms. The molecule has 1 atom stereocenters. The number of carbonyl (C=O) groups excluding carboxylic acids is 1. The first-order chi connectivity index (χ1) is 18.5. The zero-order chi connectivity index (χ0) is 26.4. The van der Waals surface area contributed by atoms with E-state index in [-0.39, 0.29) is 19.0 Å². The average molecular weight is 528 g/mol. The number of aromatic nitrogens is 2. The van der Waals surface area contributed by atoms with Gasteiger partial charge >= 0.3 is 5.97 Å². The van der Waals surface area contributed by atoms with Crippen LogP contribution < -0.4 is 24.4 Å². The van der Waals surface area contributed by atoms with E-state index in [1.807, 2.05) is 54.7 Å². The molecule has 192 valence electrons. The van der Waals surface area contributed by atoms with Gasteiger partial charge in [0.15, 0.2) is 16.3 Å². The molecular formula is C29H25N3O5S. The minimum atomic E-state index is -0.718. The number of hydrogen-bond donors (Lipinski definition) is 0. The second kappa shape index (κ2) is 9.50. The van der Waals surface area contributed by atoms with Crippen molar-refractivity contribution in [2.24, 2.45) is 4.99 Å². The lowest BCUT2D eigenvalue weighted by Gasteiger charge is -2.24. The zero-order valence-electron chi connectivity index (χ0n) is 21.0. The van der Waals surface area contributed by atoms with Crippen LogP contribution in [0.15, 0.2) is 82.4 Å². The molecule has 0 amide bonds. The molecule has 0 radical (unpaired) electrons. The predicted octanol–water partition coefficient (Wildman–Crippen LogP) is 3.67. The van der Waals surface area contributed by atoms with Crippen LogP contribution >= 0.6 is 11.3 Å². The Bertz CT molecular complexity index is 1820. The summed E-state index contributed by atoms with van der Waals surface area (Å²) in [5.74, 6) is 0.686. The number of allylic oxidation sites excluding steroid dienone is 2. The number of rotatable bonds is 6. The second-order valence-electron chi connectivity index (χ2n) is 8.96. The van der Waals surface area contributed by atoms with Gasteiger partial charge in [0.2, 0.25) is 6.79 Å². The van der Waals surface area contributed by atoms with E-state index in [1.165, 1.54) is 11.3 Å². The molecule has 4 heterocycles. The summed E-state index contributed by atoms with van der Waals surface area (Å²) in [7, 11) is 0. The van der Waals surface area contributed by atoms with Crippen LogP contribution in [-0.2, 0) is 16.1 Å². The van der Waals surface area contributed by atoms with Crippen LogP contribution in [0.4, 0.5) is 0 Å². The molecule has 38 heavy (non-hydrogen) atoms. The number of fused-ring (bicyclic) bond motifs is 3. The summed E-state index contributed by atoms with van der Waals surface area (Å²) in [5, 5.41) is 1.04. The number of para-hydroxylation sites is 1. The van der Waals surface area contributed by atoms with Crippen LogP contribution in [0.3, 0.4) is 0 Å². The molecular weight excluding hydrogens is 502 g/mol. The topological polar surface area (TPSA) is 84.0 Å². The van der Waals surface area contributed by atoms with Crippen molar-refractivity contribution in [2.75, 3.05) is 13.4 Å². The monoisotopic (exact) mass is 527 g/mol. The lowest BCUT2D eigenvalue weighted by Crippen LogP contribution is -2.39. The normalized spacial score (nSPS) is 16.5. The van der Waals surface area contributed by atoms with E-state index >= 15 is 0 Å². The van der Waals surface area contributed by atoms with E-state index in [0.29, 0.717) is 44.2 Å². The molecule has 0 aliphatic carbocycles. The van der Waals surface area contributed by atoms with E-state index in [9.17, 15) is 9.59 Å². The lowest BCUT2D eigenvalue weighted by molar-refractivity contribution is -0.139. The van der Waals surface area contributed by atoms with Gasteiger partial charge < -0.3 is 18.8 Å². The molecule has 0 saturated heterocycles. The Balaban J connectivity index is 1.56. The highest BCUT2D eigenvalue weighted by molar-refractivity contribution is 7.07. The molecule has 0 fully saturated rings. The standard InChI is InChI=1S/C29H25N3O5S/c1-4-12-31-15-19(20-8-6-7-9-21(20)31)14-24-27(33)32-26(18-10-11-22-23(13-18)37-16-36-22)25(28(34)35-5-2)17(3)30-29(32)38-24/h4,6-11,13-15,26H,1,5,12,16H2,2-3H3/t26-/m1/s1. The maximum absolute atomic E-state index is 14.0. The van der Waals surface area contributed by atoms with Crippen molar-refractivity contribution in [1.82, 2.24) is 9.13 Å². The summed E-state index contributed by atoms with van der Waals surface area (Å²) < 4.78 is 20.6. The molecule has 2 aliphatic rings. The predicted molar refractivity (Wildman–Crippen MR) is 145 cm³/mol. The quantitative estimate of drug-likeness (QED) is 0.282. The first-order valence-corrected chi connectivity index (χ1v) is 13.1. The molecule has 2 aromatic carbocycles. The molecule has 2 aromatic heterocycles. The number of carbonyl (C=O) groups is 1. The molecule has 6 rings (SSSR count). The highest BCUT2D eigenvalue weighted by Crippen LogP contribution is 2.38. The first-order valence-electron chi connectivity index (χ1n) is 12.3. The largest absolute Gasteiger partial charge is 0.463 e. The Morgan fingerprint density at radius 2 is 2.05 bits per heavy atom. The Morgan fingerprint density at radius 3 is 2.87 bits per heavy atom. The van der Waals surface area contributed by atoms with Crippen molar-refractivity contribution in [2.45, 2.75) is 26.4 Å². The van der Waals surface area contributed by atoms with Gasteiger partial charge in [-0.1, -0.05) is 41.7 Å². The van der Waals surface area contributed by atoms with Crippen LogP contribution in [0, 0.1) is 0 Å². The van der Waals surface area contributed by atoms with Crippen molar-refractivity contribution in [1.29, 1.82) is 0 Å². The maximum Gasteiger partial charge on any atom is 0.338 e. The molecule has 0 unspecified atom stereocenters. The van der Waals surface area contributed by atoms with Crippen molar-refractivity contribution >= 4 is 34.3 Å². The van der Waals surface area contributed by atoms with Gasteiger partial charge in [-0.2, -0.15) is 0 Å². The summed E-state index contributed by atoms with van der Waals surface area (Å²) in [6.45, 7) is 8.37. The summed E-state index contributed by atoms with van der Waals surface area (Å²) in [6.07, 6.45) is 5.76. The third kappa shape index (κ3) is 3.86. The maximum atomic E-state index is 14.0. The van der Waals surface area contributed by atoms with Crippen molar-refractivity contribution < 1.29 is 19.0 Å². The number of esters is 1. The third-order valence-corrected chi connectivity index (χ3v) is 7.64. The molecule has 0 saturated carbocycles. The lowest BCUT2D eigenvalue weighted by atomic mass is 9.95. The van der Waals surface area contributed by atoms with Crippen LogP contribution in [-0.4, -0.2) is 28.5 Å². The van der Waals surface area contributed by atoms with Gasteiger partial charge in [-0.25, -0.2) is 9.79 Å². The highest BCUT2D eigenvalue weighted by atomic mass is 32.1. The Kier molecular flexibility index (Phi) is 6.00. The summed E-state index contributed by atoms with van der Waals surface area (Å²) in [6, 6.07) is 12.8. The van der Waals surface area contributed by atoms with Gasteiger partial charge in [0, 0.05) is 29.2 Å². The number of nitrogens with zero attached hydrogens (tertiary/aromatic N) is 3. The molecule has 0 N–H and O–H groups in total. The second-order valence-corrected chi connectivity index (χ2v) is 9.97. The molecule has 4 aromatic rings. The number of ether oxygens (including phenoxy) is 3. The van der Waals surface area contributed by atoms with E-state index in [2.05, 4.69) is 16.1 Å². The SMILES string of the molecule is C=CCn1cc(C=c2sc3n(c2=O)[C@H](c2ccc4c(c2)OCO4)C(C(=O)OCC)=C(C)N=3)c2ccccc21. The van der Waals surface area contributed by atoms with Gasteiger partial charge in [-0.05, 0) is 43.7 Å². The van der Waals surface area contributed by atoms with E-state index in [1.54, 1.807) is 24.5 Å². The van der Waals surface area contributed by atoms with E-state index in [4.69, 9.17) is 14.2 Å². The Morgan fingerprint density at radius 1 is 1.24 bits per heavy atom. The van der Waals surface area contributed by atoms with Crippen molar-refractivity contribution in [3.8, 4) is 11.5 Å². The van der Waals surface area contributed by atoms with Crippen LogP contribution in [0.5, 0.6) is 11.5 Å². The fourth-order valence-corrected chi connectivity index (χ4v) is 6.05. The van der Waals surface area contributed by atoms with E-state index in [0.717, 1.165) is 16.5 Å². The Hall–Kier alpha value is -4.37. The van der Waals surface area contributed by atoms with Crippen LogP contribution in [0.1, 0.15) is 31.0 Å². The average Bonchev–Trinajstić information content (AvgIpc) is 3.60. The van der Waals surface area contributed by atoms with Crippen molar-refractivity contribution in [3.63, 3.8) is 0 Å². The molecule has 8 nitrogen and oxygen atoms in total. The first kappa shape index (κ1) is 24.0. The highest BCUT2D eigenvalue weighted by Gasteiger charge is 2.34. The summed E-state index contributed by atoms with van der Waals surface area (Å²) in [4.78, 5) is 32.3. The molecule has 0 spiro atoms. The number of thiazole rings is 1. The Labute approximate surface area is 222 Å². The van der Waals surface area contributed by atoms with Gasteiger partial charge in [0.25, 0.3) is 5.56 Å². The molecule has 2 aliphatic heterocycles. The van der Waals surface area contributed by atoms with Crippen molar-refractivity contribution in [3.05, 3.63) is 103 Å². The van der Waals surface area contributed by atoms with Gasteiger partial charge in [0.1, 0.15) is 0 Å². The summed E-state index contributed by atoms with van der Waals surface area (Å²) >= 11 is 1.30. The smallest absolute Gasteiger partial charge is 0.338 e. The van der Waals surface area contributed by atoms with Gasteiger partial charge in [-0.15, -0.1) is 6.58 Å². The minimum absolute atomic E-state index is 0.126. The minimum Gasteiger partial charge on any atom is -0.463 e.